The highest BCUT2D eigenvalue weighted by Crippen LogP contribution is 2.30. The number of piperidine rings is 1. The average molecular weight is 334 g/mol. The molecule has 1 aromatic carbocycles. The second kappa shape index (κ2) is 8.57. The molecule has 24 heavy (non-hydrogen) atoms. The molecule has 1 fully saturated rings. The van der Waals surface area contributed by atoms with Crippen LogP contribution in [0.5, 0.6) is 11.5 Å². The topological polar surface area (TPSA) is 81.9 Å². The van der Waals surface area contributed by atoms with Crippen molar-refractivity contribution >= 4 is 11.8 Å². The van der Waals surface area contributed by atoms with Crippen LogP contribution in [-0.4, -0.2) is 43.0 Å². The van der Waals surface area contributed by atoms with Gasteiger partial charge < -0.3 is 20.1 Å². The number of carbonyl (C=O) groups excluding carboxylic acids is 2. The molecule has 0 bridgehead atoms. The van der Waals surface area contributed by atoms with Crippen LogP contribution in [0.25, 0.3) is 0 Å². The van der Waals surface area contributed by atoms with Gasteiger partial charge in [-0.05, 0) is 44.4 Å². The Hall–Kier alpha value is -2.24. The van der Waals surface area contributed by atoms with Crippen molar-refractivity contribution < 1.29 is 19.1 Å². The molecule has 2 rings (SSSR count). The minimum Gasteiger partial charge on any atom is -0.490 e. The molecule has 0 saturated carbocycles. The van der Waals surface area contributed by atoms with E-state index >= 15 is 0 Å². The Morgan fingerprint density at radius 3 is 2.46 bits per heavy atom. The zero-order chi connectivity index (χ0) is 17.5. The normalized spacial score (nSPS) is 15.2. The molecular weight excluding hydrogens is 308 g/mol. The number of primary amides is 1. The number of ether oxygens (including phenoxy) is 2. The zero-order valence-corrected chi connectivity index (χ0v) is 14.4. The molecule has 1 aromatic rings. The molecule has 0 aliphatic carbocycles. The van der Waals surface area contributed by atoms with Gasteiger partial charge in [0.1, 0.15) is 0 Å². The van der Waals surface area contributed by atoms with Crippen molar-refractivity contribution in [2.24, 2.45) is 11.7 Å². The fourth-order valence-electron chi connectivity index (χ4n) is 2.79. The molecule has 1 aliphatic heterocycles. The van der Waals surface area contributed by atoms with E-state index in [1.807, 2.05) is 13.8 Å². The number of hydrogen-bond acceptors (Lipinski definition) is 4. The Morgan fingerprint density at radius 2 is 1.88 bits per heavy atom. The summed E-state index contributed by atoms with van der Waals surface area (Å²) in [5.41, 5.74) is 5.91. The first-order valence-electron chi connectivity index (χ1n) is 8.55. The Kier molecular flexibility index (Phi) is 6.46. The zero-order valence-electron chi connectivity index (χ0n) is 14.4. The fraction of sp³-hybridized carbons (Fsp3) is 0.556. The quantitative estimate of drug-likeness (QED) is 0.829. The Balaban J connectivity index is 2.09. The van der Waals surface area contributed by atoms with Crippen molar-refractivity contribution in [3.05, 3.63) is 23.8 Å². The molecule has 1 heterocycles. The molecule has 1 aliphatic rings. The van der Waals surface area contributed by atoms with E-state index in [1.54, 1.807) is 23.1 Å². The van der Waals surface area contributed by atoms with Crippen LogP contribution < -0.4 is 15.2 Å². The lowest BCUT2D eigenvalue weighted by molar-refractivity contribution is -0.123. The summed E-state index contributed by atoms with van der Waals surface area (Å²) in [4.78, 5) is 25.7. The van der Waals surface area contributed by atoms with Gasteiger partial charge in [-0.1, -0.05) is 6.92 Å². The summed E-state index contributed by atoms with van der Waals surface area (Å²) in [6.45, 7) is 6.13. The largest absolute Gasteiger partial charge is 0.490 e. The standard InChI is InChI=1S/C18H26N2O4/c1-3-11-24-15-6-5-14(12-16(15)23-4-2)18(22)20-9-7-13(8-10-20)17(19)21/h5-6,12-13H,3-4,7-11H2,1-2H3,(H2,19,21). The van der Waals surface area contributed by atoms with E-state index in [4.69, 9.17) is 15.2 Å². The van der Waals surface area contributed by atoms with Gasteiger partial charge in [-0.15, -0.1) is 0 Å². The van der Waals surface area contributed by atoms with E-state index in [-0.39, 0.29) is 17.7 Å². The van der Waals surface area contributed by atoms with Crippen LogP contribution in [0.1, 0.15) is 43.5 Å². The number of rotatable bonds is 7. The van der Waals surface area contributed by atoms with Gasteiger partial charge in [-0.3, -0.25) is 9.59 Å². The summed E-state index contributed by atoms with van der Waals surface area (Å²) in [7, 11) is 0. The summed E-state index contributed by atoms with van der Waals surface area (Å²) in [5.74, 6) is 0.781. The van der Waals surface area contributed by atoms with Crippen molar-refractivity contribution in [2.75, 3.05) is 26.3 Å². The average Bonchev–Trinajstić information content (AvgIpc) is 2.60. The summed E-state index contributed by atoms with van der Waals surface area (Å²) in [5, 5.41) is 0. The van der Waals surface area contributed by atoms with Gasteiger partial charge in [-0.25, -0.2) is 0 Å². The van der Waals surface area contributed by atoms with E-state index in [0.717, 1.165) is 6.42 Å². The van der Waals surface area contributed by atoms with Crippen molar-refractivity contribution in [1.29, 1.82) is 0 Å². The lowest BCUT2D eigenvalue weighted by atomic mass is 9.96. The summed E-state index contributed by atoms with van der Waals surface area (Å²) >= 11 is 0. The first-order valence-corrected chi connectivity index (χ1v) is 8.55. The van der Waals surface area contributed by atoms with Gasteiger partial charge in [0.15, 0.2) is 11.5 Å². The molecule has 0 aromatic heterocycles. The molecule has 0 atom stereocenters. The van der Waals surface area contributed by atoms with Crippen LogP contribution in [0.3, 0.4) is 0 Å². The van der Waals surface area contributed by atoms with Gasteiger partial charge >= 0.3 is 0 Å². The molecule has 6 nitrogen and oxygen atoms in total. The molecular formula is C18H26N2O4. The minimum absolute atomic E-state index is 0.0547. The van der Waals surface area contributed by atoms with E-state index in [9.17, 15) is 9.59 Å². The molecule has 2 amide bonds. The van der Waals surface area contributed by atoms with Crippen LogP contribution in [0.15, 0.2) is 18.2 Å². The van der Waals surface area contributed by atoms with Gasteiger partial charge in [0.05, 0.1) is 13.2 Å². The molecule has 2 N–H and O–H groups in total. The second-order valence-corrected chi connectivity index (χ2v) is 5.91. The highest BCUT2D eigenvalue weighted by molar-refractivity contribution is 5.95. The van der Waals surface area contributed by atoms with Crippen molar-refractivity contribution in [2.45, 2.75) is 33.1 Å². The van der Waals surface area contributed by atoms with Gasteiger partial charge in [-0.2, -0.15) is 0 Å². The van der Waals surface area contributed by atoms with Gasteiger partial charge in [0, 0.05) is 24.6 Å². The molecule has 1 saturated heterocycles. The lowest BCUT2D eigenvalue weighted by Crippen LogP contribution is -2.41. The first-order chi connectivity index (χ1) is 11.6. The fourth-order valence-corrected chi connectivity index (χ4v) is 2.79. The maximum atomic E-state index is 12.7. The number of carbonyl (C=O) groups is 2. The van der Waals surface area contributed by atoms with Crippen molar-refractivity contribution in [3.8, 4) is 11.5 Å². The summed E-state index contributed by atoms with van der Waals surface area (Å²) < 4.78 is 11.3. The predicted octanol–water partition coefficient (Wildman–Crippen LogP) is 2.21. The SMILES string of the molecule is CCCOc1ccc(C(=O)N2CCC(C(N)=O)CC2)cc1OCC. The lowest BCUT2D eigenvalue weighted by Gasteiger charge is -2.30. The Morgan fingerprint density at radius 1 is 1.17 bits per heavy atom. The third-order valence-electron chi connectivity index (χ3n) is 4.14. The second-order valence-electron chi connectivity index (χ2n) is 5.91. The summed E-state index contributed by atoms with van der Waals surface area (Å²) in [6.07, 6.45) is 2.15. The van der Waals surface area contributed by atoms with E-state index < -0.39 is 0 Å². The highest BCUT2D eigenvalue weighted by Gasteiger charge is 2.26. The van der Waals surface area contributed by atoms with Crippen LogP contribution in [0.4, 0.5) is 0 Å². The third-order valence-corrected chi connectivity index (χ3v) is 4.14. The Bertz CT molecular complexity index is 580. The van der Waals surface area contributed by atoms with Crippen LogP contribution in [-0.2, 0) is 4.79 Å². The highest BCUT2D eigenvalue weighted by atomic mass is 16.5. The van der Waals surface area contributed by atoms with E-state index in [0.29, 0.717) is 56.2 Å². The Labute approximate surface area is 142 Å². The maximum Gasteiger partial charge on any atom is 0.253 e. The van der Waals surface area contributed by atoms with Crippen molar-refractivity contribution in [1.82, 2.24) is 4.90 Å². The van der Waals surface area contributed by atoms with Crippen molar-refractivity contribution in [3.63, 3.8) is 0 Å². The first kappa shape index (κ1) is 18.1. The molecule has 0 radical (unpaired) electrons. The maximum absolute atomic E-state index is 12.7. The number of likely N-dealkylation sites (tertiary alicyclic amines) is 1. The number of nitrogens with two attached hydrogens (primary N) is 1. The van der Waals surface area contributed by atoms with Crippen LogP contribution in [0.2, 0.25) is 0 Å². The predicted molar refractivity (Wildman–Crippen MR) is 91.2 cm³/mol. The van der Waals surface area contributed by atoms with E-state index in [1.165, 1.54) is 0 Å². The number of benzene rings is 1. The van der Waals surface area contributed by atoms with Gasteiger partial charge in [0.2, 0.25) is 5.91 Å². The molecule has 6 heteroatoms. The minimum atomic E-state index is -0.279. The van der Waals surface area contributed by atoms with Crippen LogP contribution in [0, 0.1) is 5.92 Å². The monoisotopic (exact) mass is 334 g/mol. The van der Waals surface area contributed by atoms with Gasteiger partial charge in [0.25, 0.3) is 5.91 Å². The number of hydrogen-bond donors (Lipinski definition) is 1. The smallest absolute Gasteiger partial charge is 0.253 e. The number of nitrogens with zero attached hydrogens (tertiary/aromatic N) is 1. The van der Waals surface area contributed by atoms with E-state index in [2.05, 4.69) is 0 Å². The summed E-state index contributed by atoms with van der Waals surface area (Å²) in [6, 6.07) is 5.27. The third kappa shape index (κ3) is 4.40. The van der Waals surface area contributed by atoms with Crippen LogP contribution >= 0.6 is 0 Å². The number of amides is 2. The molecule has 0 spiro atoms. The molecule has 132 valence electrons. The molecule has 0 unspecified atom stereocenters.